The van der Waals surface area contributed by atoms with Crippen LogP contribution in [0, 0.1) is 11.8 Å². The molecule has 0 bridgehead atoms. The maximum Gasteiger partial charge on any atom is 0.0461 e. The van der Waals surface area contributed by atoms with Crippen molar-refractivity contribution in [3.8, 4) is 0 Å². The lowest BCUT2D eigenvalue weighted by atomic mass is 9.87. The Labute approximate surface area is 127 Å². The van der Waals surface area contributed by atoms with Gasteiger partial charge in [-0.3, -0.25) is 0 Å². The van der Waals surface area contributed by atoms with Gasteiger partial charge in [0.1, 0.15) is 0 Å². The van der Waals surface area contributed by atoms with Gasteiger partial charge in [-0.05, 0) is 18.3 Å². The third-order valence-corrected chi connectivity index (χ3v) is 5.23. The van der Waals surface area contributed by atoms with Crippen molar-refractivity contribution in [1.82, 2.24) is 0 Å². The summed E-state index contributed by atoms with van der Waals surface area (Å²) < 4.78 is 0. The predicted molar refractivity (Wildman–Crippen MR) is 89.0 cm³/mol. The molecule has 1 fully saturated rings. The average molecular weight is 283 g/mol. The van der Waals surface area contributed by atoms with Crippen LogP contribution in [0.25, 0.3) is 0 Å². The molecule has 0 aromatic rings. The van der Waals surface area contributed by atoms with Crippen molar-refractivity contribution in [2.45, 2.75) is 103 Å². The van der Waals surface area contributed by atoms with Crippen LogP contribution in [0.5, 0.6) is 0 Å². The van der Waals surface area contributed by atoms with E-state index in [-0.39, 0.29) is 0 Å². The highest BCUT2D eigenvalue weighted by Gasteiger charge is 2.23. The lowest BCUT2D eigenvalue weighted by Gasteiger charge is -2.20. The number of unbranched alkanes of at least 4 members (excludes halogenated alkanes) is 9. The smallest absolute Gasteiger partial charge is 0.0461 e. The number of aliphatic hydroxyl groups is 1. The van der Waals surface area contributed by atoms with Crippen LogP contribution in [-0.4, -0.2) is 11.7 Å². The van der Waals surface area contributed by atoms with E-state index < -0.39 is 0 Å². The van der Waals surface area contributed by atoms with E-state index in [9.17, 15) is 5.11 Å². The van der Waals surface area contributed by atoms with Crippen molar-refractivity contribution in [1.29, 1.82) is 0 Å². The summed E-state index contributed by atoms with van der Waals surface area (Å²) in [5, 5.41) is 9.53. The molecule has 0 heterocycles. The lowest BCUT2D eigenvalue weighted by molar-refractivity contribution is 0.165. The zero-order valence-electron chi connectivity index (χ0n) is 13.9. The molecule has 0 spiro atoms. The number of hydrogen-bond acceptors (Lipinski definition) is 1. The summed E-state index contributed by atoms with van der Waals surface area (Å²) >= 11 is 0. The number of hydrogen-bond donors (Lipinski definition) is 1. The molecular weight excluding hydrogens is 244 g/mol. The Morgan fingerprint density at radius 3 is 1.80 bits per heavy atom. The van der Waals surface area contributed by atoms with Crippen molar-refractivity contribution >= 4 is 0 Å². The van der Waals surface area contributed by atoms with Gasteiger partial charge in [-0.15, -0.1) is 0 Å². The summed E-state index contributed by atoms with van der Waals surface area (Å²) in [5.41, 5.74) is 0. The van der Waals surface area contributed by atoms with Gasteiger partial charge in [0, 0.05) is 6.61 Å². The van der Waals surface area contributed by atoms with Crippen molar-refractivity contribution in [3.63, 3.8) is 0 Å². The second kappa shape index (κ2) is 12.7. The SMILES string of the molecule is CCCCCCCCCCCCC(CO)C1CCCC1. The molecule has 20 heavy (non-hydrogen) atoms. The Bertz CT molecular complexity index is 196. The minimum atomic E-state index is 0.433. The van der Waals surface area contributed by atoms with E-state index >= 15 is 0 Å². The summed E-state index contributed by atoms with van der Waals surface area (Å²) in [6.07, 6.45) is 21.0. The first kappa shape index (κ1) is 18.0. The zero-order chi connectivity index (χ0) is 14.5. The van der Waals surface area contributed by atoms with Crippen LogP contribution in [0.2, 0.25) is 0 Å². The Balaban J connectivity index is 1.85. The highest BCUT2D eigenvalue weighted by molar-refractivity contribution is 4.75. The summed E-state index contributed by atoms with van der Waals surface area (Å²) in [6.45, 7) is 2.72. The molecule has 120 valence electrons. The van der Waals surface area contributed by atoms with E-state index in [4.69, 9.17) is 0 Å². The van der Waals surface area contributed by atoms with E-state index in [0.29, 0.717) is 12.5 Å². The summed E-state index contributed by atoms with van der Waals surface area (Å²) in [7, 11) is 0. The van der Waals surface area contributed by atoms with Gasteiger partial charge in [0.05, 0.1) is 0 Å². The monoisotopic (exact) mass is 282 g/mol. The third kappa shape index (κ3) is 8.29. The van der Waals surface area contributed by atoms with E-state index in [1.807, 2.05) is 0 Å². The highest BCUT2D eigenvalue weighted by atomic mass is 16.3. The molecule has 0 saturated heterocycles. The van der Waals surface area contributed by atoms with E-state index in [1.54, 1.807) is 0 Å². The molecule has 1 rings (SSSR count). The topological polar surface area (TPSA) is 20.2 Å². The van der Waals surface area contributed by atoms with Crippen LogP contribution in [0.3, 0.4) is 0 Å². The van der Waals surface area contributed by atoms with Crippen LogP contribution in [-0.2, 0) is 0 Å². The maximum atomic E-state index is 9.53. The van der Waals surface area contributed by atoms with Crippen molar-refractivity contribution in [2.75, 3.05) is 6.61 Å². The standard InChI is InChI=1S/C19H38O/c1-2-3-4-5-6-7-8-9-10-11-16-19(17-20)18-14-12-13-15-18/h18-20H,2-17H2,1H3. The van der Waals surface area contributed by atoms with Gasteiger partial charge in [-0.1, -0.05) is 96.8 Å². The Kier molecular flexibility index (Phi) is 11.4. The van der Waals surface area contributed by atoms with Gasteiger partial charge in [-0.2, -0.15) is 0 Å². The van der Waals surface area contributed by atoms with Gasteiger partial charge < -0.3 is 5.11 Å². The van der Waals surface area contributed by atoms with Crippen LogP contribution in [0.15, 0.2) is 0 Å². The summed E-state index contributed by atoms with van der Waals surface area (Å²) in [5.74, 6) is 1.46. The fourth-order valence-corrected chi connectivity index (χ4v) is 3.80. The summed E-state index contributed by atoms with van der Waals surface area (Å²) in [6, 6.07) is 0. The molecule has 0 amide bonds. The minimum Gasteiger partial charge on any atom is -0.396 e. The van der Waals surface area contributed by atoms with E-state index in [2.05, 4.69) is 6.92 Å². The normalized spacial score (nSPS) is 17.7. The summed E-state index contributed by atoms with van der Waals surface area (Å²) in [4.78, 5) is 0. The molecule has 0 radical (unpaired) electrons. The molecule has 0 aliphatic heterocycles. The molecule has 0 aromatic heterocycles. The van der Waals surface area contributed by atoms with Gasteiger partial charge >= 0.3 is 0 Å². The van der Waals surface area contributed by atoms with Crippen molar-refractivity contribution in [3.05, 3.63) is 0 Å². The average Bonchev–Trinajstić information content (AvgIpc) is 2.99. The maximum absolute atomic E-state index is 9.53. The Morgan fingerprint density at radius 2 is 1.30 bits per heavy atom. The largest absolute Gasteiger partial charge is 0.396 e. The van der Waals surface area contributed by atoms with Gasteiger partial charge in [0.25, 0.3) is 0 Å². The molecule has 1 saturated carbocycles. The molecule has 1 heteroatoms. The number of rotatable bonds is 13. The first-order chi connectivity index (χ1) is 9.88. The predicted octanol–water partition coefficient (Wildman–Crippen LogP) is 6.10. The molecule has 1 N–H and O–H groups in total. The van der Waals surface area contributed by atoms with Crippen LogP contribution in [0.1, 0.15) is 103 Å². The Morgan fingerprint density at radius 1 is 0.800 bits per heavy atom. The van der Waals surface area contributed by atoms with Crippen molar-refractivity contribution in [2.24, 2.45) is 11.8 Å². The molecular formula is C19H38O. The lowest BCUT2D eigenvalue weighted by Crippen LogP contribution is -2.15. The first-order valence-electron chi connectivity index (χ1n) is 9.49. The molecule has 1 nitrogen and oxygen atoms in total. The molecule has 1 atom stereocenters. The van der Waals surface area contributed by atoms with Gasteiger partial charge in [-0.25, -0.2) is 0 Å². The highest BCUT2D eigenvalue weighted by Crippen LogP contribution is 2.33. The van der Waals surface area contributed by atoms with E-state index in [1.165, 1.54) is 96.3 Å². The molecule has 1 aliphatic carbocycles. The second-order valence-corrected chi connectivity index (χ2v) is 6.96. The molecule has 1 aliphatic rings. The molecule has 1 unspecified atom stereocenters. The zero-order valence-corrected chi connectivity index (χ0v) is 13.9. The van der Waals surface area contributed by atoms with Crippen LogP contribution in [0.4, 0.5) is 0 Å². The molecule has 0 aromatic carbocycles. The van der Waals surface area contributed by atoms with Gasteiger partial charge in [0.2, 0.25) is 0 Å². The minimum absolute atomic E-state index is 0.433. The number of aliphatic hydroxyl groups excluding tert-OH is 1. The third-order valence-electron chi connectivity index (χ3n) is 5.23. The van der Waals surface area contributed by atoms with Crippen molar-refractivity contribution < 1.29 is 5.11 Å². The second-order valence-electron chi connectivity index (χ2n) is 6.96. The first-order valence-corrected chi connectivity index (χ1v) is 9.49. The fourth-order valence-electron chi connectivity index (χ4n) is 3.80. The van der Waals surface area contributed by atoms with Crippen LogP contribution >= 0.6 is 0 Å². The quantitative estimate of drug-likeness (QED) is 0.405. The fraction of sp³-hybridized carbons (Fsp3) is 1.00. The van der Waals surface area contributed by atoms with Gasteiger partial charge in [0.15, 0.2) is 0 Å². The van der Waals surface area contributed by atoms with E-state index in [0.717, 1.165) is 5.92 Å². The van der Waals surface area contributed by atoms with Crippen LogP contribution < -0.4 is 0 Å². The Hall–Kier alpha value is -0.0400.